The van der Waals surface area contributed by atoms with E-state index >= 15 is 0 Å². The maximum atomic E-state index is 13.0. The molecule has 1 saturated heterocycles. The first-order valence-corrected chi connectivity index (χ1v) is 12.5. The Bertz CT molecular complexity index is 1070. The van der Waals surface area contributed by atoms with Crippen molar-refractivity contribution in [2.45, 2.75) is 55.3 Å². The number of ether oxygens (including phenoxy) is 1. The van der Waals surface area contributed by atoms with Crippen LogP contribution >= 0.6 is 11.5 Å². The summed E-state index contributed by atoms with van der Waals surface area (Å²) in [4.78, 5) is 23.0. The van der Waals surface area contributed by atoms with E-state index in [1.807, 2.05) is 13.8 Å². The standard InChI is InChI=1S/C20H24N4O5S2/c1-12(2)18-21-20(30-24-18)22-19(25)17(23-29-14-9-10-28-11-14)13-3-5-15(6-4-13)31(26,27)16-7-8-16/h3-6,12,14,16H,7-11H2,1-2H3,(H,21,22,24,25)/b23-17+/t14-/m1/s1. The molecule has 1 aromatic heterocycles. The summed E-state index contributed by atoms with van der Waals surface area (Å²) in [6, 6.07) is 6.15. The van der Waals surface area contributed by atoms with Crippen LogP contribution in [0.1, 0.15) is 50.4 Å². The van der Waals surface area contributed by atoms with E-state index in [4.69, 9.17) is 9.57 Å². The fraction of sp³-hybridized carbons (Fsp3) is 0.500. The average Bonchev–Trinajstić information content (AvgIpc) is 3.29. The molecular weight excluding hydrogens is 440 g/mol. The van der Waals surface area contributed by atoms with Gasteiger partial charge in [-0.15, -0.1) is 0 Å². The van der Waals surface area contributed by atoms with E-state index in [0.29, 0.717) is 49.0 Å². The number of aromatic nitrogens is 2. The highest BCUT2D eigenvalue weighted by Gasteiger charge is 2.36. The largest absolute Gasteiger partial charge is 0.389 e. The molecule has 1 atom stereocenters. The third kappa shape index (κ3) is 5.10. The van der Waals surface area contributed by atoms with Gasteiger partial charge in [-0.25, -0.2) is 13.4 Å². The van der Waals surface area contributed by atoms with Gasteiger partial charge in [-0.05, 0) is 25.0 Å². The third-order valence-corrected chi connectivity index (χ3v) is 7.92. The van der Waals surface area contributed by atoms with Gasteiger partial charge in [-0.3, -0.25) is 10.1 Å². The first-order valence-electron chi connectivity index (χ1n) is 10.2. The van der Waals surface area contributed by atoms with Gasteiger partial charge in [0.25, 0.3) is 5.91 Å². The number of carbonyl (C=O) groups excluding carboxylic acids is 1. The van der Waals surface area contributed by atoms with Crippen molar-refractivity contribution in [3.8, 4) is 0 Å². The minimum atomic E-state index is -3.31. The zero-order chi connectivity index (χ0) is 22.0. The lowest BCUT2D eigenvalue weighted by Gasteiger charge is -2.10. The molecule has 1 saturated carbocycles. The number of nitrogens with one attached hydrogen (secondary N) is 1. The number of hydrogen-bond donors (Lipinski definition) is 1. The number of carbonyl (C=O) groups is 1. The number of rotatable bonds is 8. The van der Waals surface area contributed by atoms with E-state index in [-0.39, 0.29) is 27.9 Å². The highest BCUT2D eigenvalue weighted by Crippen LogP contribution is 2.33. The molecule has 1 aliphatic carbocycles. The predicted octanol–water partition coefficient (Wildman–Crippen LogP) is 2.75. The van der Waals surface area contributed by atoms with Crippen LogP contribution in [0.5, 0.6) is 0 Å². The highest BCUT2D eigenvalue weighted by molar-refractivity contribution is 7.92. The van der Waals surface area contributed by atoms with Crippen LogP contribution < -0.4 is 5.32 Å². The van der Waals surface area contributed by atoms with Gasteiger partial charge in [0, 0.05) is 29.4 Å². The SMILES string of the molecule is CC(C)c1nsc(NC(=O)/C(=N/O[C@@H]2CCOC2)c2ccc(S(=O)(=O)C3CC3)cc2)n1. The van der Waals surface area contributed by atoms with Gasteiger partial charge < -0.3 is 9.57 Å². The Kier molecular flexibility index (Phi) is 6.35. The Labute approximate surface area is 184 Å². The van der Waals surface area contributed by atoms with Crippen molar-refractivity contribution in [1.82, 2.24) is 9.36 Å². The second kappa shape index (κ2) is 9.01. The zero-order valence-electron chi connectivity index (χ0n) is 17.3. The smallest absolute Gasteiger partial charge is 0.280 e. The molecule has 9 nitrogen and oxygen atoms in total. The van der Waals surface area contributed by atoms with Crippen LogP contribution in [0.25, 0.3) is 0 Å². The first-order chi connectivity index (χ1) is 14.8. The number of hydrogen-bond acceptors (Lipinski definition) is 9. The van der Waals surface area contributed by atoms with E-state index in [1.54, 1.807) is 12.1 Å². The van der Waals surface area contributed by atoms with Gasteiger partial charge in [0.2, 0.25) is 5.13 Å². The molecule has 166 valence electrons. The van der Waals surface area contributed by atoms with E-state index in [9.17, 15) is 13.2 Å². The van der Waals surface area contributed by atoms with Crippen molar-refractivity contribution in [2.24, 2.45) is 5.16 Å². The van der Waals surface area contributed by atoms with Crippen LogP contribution in [-0.2, 0) is 24.2 Å². The van der Waals surface area contributed by atoms with Crippen LogP contribution in [-0.4, -0.2) is 54.0 Å². The Morgan fingerprint density at radius 1 is 1.26 bits per heavy atom. The number of nitrogens with zero attached hydrogens (tertiary/aromatic N) is 3. The molecule has 0 bridgehead atoms. The number of benzene rings is 1. The molecule has 1 aliphatic heterocycles. The van der Waals surface area contributed by atoms with Gasteiger partial charge >= 0.3 is 0 Å². The van der Waals surface area contributed by atoms with Crippen molar-refractivity contribution in [1.29, 1.82) is 0 Å². The van der Waals surface area contributed by atoms with Crippen molar-refractivity contribution in [3.05, 3.63) is 35.7 Å². The molecule has 2 fully saturated rings. The summed E-state index contributed by atoms with van der Waals surface area (Å²) in [7, 11) is -3.31. The summed E-state index contributed by atoms with van der Waals surface area (Å²) in [5, 5.41) is 6.86. The Morgan fingerprint density at radius 3 is 2.58 bits per heavy atom. The predicted molar refractivity (Wildman–Crippen MR) is 116 cm³/mol. The number of amides is 1. The Morgan fingerprint density at radius 2 is 2.00 bits per heavy atom. The van der Waals surface area contributed by atoms with Gasteiger partial charge in [-0.2, -0.15) is 4.37 Å². The molecule has 2 heterocycles. The van der Waals surface area contributed by atoms with E-state index < -0.39 is 15.7 Å². The van der Waals surface area contributed by atoms with Crippen LogP contribution in [0.3, 0.4) is 0 Å². The van der Waals surface area contributed by atoms with E-state index in [1.165, 1.54) is 12.1 Å². The lowest BCUT2D eigenvalue weighted by Crippen LogP contribution is -2.25. The van der Waals surface area contributed by atoms with Crippen molar-refractivity contribution < 1.29 is 22.8 Å². The van der Waals surface area contributed by atoms with Crippen molar-refractivity contribution in [3.63, 3.8) is 0 Å². The van der Waals surface area contributed by atoms with E-state index in [0.717, 1.165) is 11.5 Å². The fourth-order valence-electron chi connectivity index (χ4n) is 3.00. The molecule has 0 spiro atoms. The Balaban J connectivity index is 1.57. The topological polar surface area (TPSA) is 120 Å². The minimum absolute atomic E-state index is 0.0311. The van der Waals surface area contributed by atoms with Gasteiger partial charge in [-0.1, -0.05) is 31.1 Å². The monoisotopic (exact) mass is 464 g/mol. The van der Waals surface area contributed by atoms with E-state index in [2.05, 4.69) is 19.8 Å². The summed E-state index contributed by atoms with van der Waals surface area (Å²) in [6.45, 7) is 4.92. The lowest BCUT2D eigenvalue weighted by atomic mass is 10.1. The maximum absolute atomic E-state index is 13.0. The summed E-state index contributed by atoms with van der Waals surface area (Å²) in [5.41, 5.74) is 0.475. The normalized spacial score (nSPS) is 19.6. The van der Waals surface area contributed by atoms with Crippen LogP contribution in [0.2, 0.25) is 0 Å². The molecule has 1 amide bonds. The Hall–Kier alpha value is -2.37. The third-order valence-electron chi connectivity index (χ3n) is 4.99. The van der Waals surface area contributed by atoms with Crippen molar-refractivity contribution in [2.75, 3.05) is 18.5 Å². The summed E-state index contributed by atoms with van der Waals surface area (Å²) >= 11 is 1.09. The molecule has 4 rings (SSSR count). The minimum Gasteiger partial charge on any atom is -0.389 e. The second-order valence-electron chi connectivity index (χ2n) is 7.87. The number of anilines is 1. The molecule has 0 unspecified atom stereocenters. The summed E-state index contributed by atoms with van der Waals surface area (Å²) in [5.74, 6) is 0.276. The average molecular weight is 465 g/mol. The first kappa shape index (κ1) is 21.8. The molecule has 1 N–H and O–H groups in total. The van der Waals surface area contributed by atoms with Crippen LogP contribution in [0.15, 0.2) is 34.3 Å². The second-order valence-corrected chi connectivity index (χ2v) is 10.8. The lowest BCUT2D eigenvalue weighted by molar-refractivity contribution is -0.110. The maximum Gasteiger partial charge on any atom is 0.280 e. The number of oxime groups is 1. The summed E-state index contributed by atoms with van der Waals surface area (Å²) < 4.78 is 34.4. The van der Waals surface area contributed by atoms with Crippen molar-refractivity contribution >= 4 is 38.1 Å². The fourth-order valence-corrected chi connectivity index (χ4v) is 5.36. The molecule has 2 aromatic rings. The molecule has 31 heavy (non-hydrogen) atoms. The van der Waals surface area contributed by atoms with Crippen LogP contribution in [0.4, 0.5) is 5.13 Å². The molecule has 11 heteroatoms. The van der Waals surface area contributed by atoms with Gasteiger partial charge in [0.15, 0.2) is 21.7 Å². The zero-order valence-corrected chi connectivity index (χ0v) is 18.9. The van der Waals surface area contributed by atoms with Crippen LogP contribution in [0, 0.1) is 0 Å². The summed E-state index contributed by atoms with van der Waals surface area (Å²) in [6.07, 6.45) is 1.84. The molecule has 2 aliphatic rings. The number of sulfone groups is 1. The molecule has 0 radical (unpaired) electrons. The highest BCUT2D eigenvalue weighted by atomic mass is 32.2. The van der Waals surface area contributed by atoms with Gasteiger partial charge in [0.05, 0.1) is 23.4 Å². The molecule has 1 aromatic carbocycles. The van der Waals surface area contributed by atoms with Gasteiger partial charge in [0.1, 0.15) is 5.82 Å². The molecular formula is C20H24N4O5S2. The quantitative estimate of drug-likeness (QED) is 0.471.